The molecule has 1 rings (SSSR count). The fourth-order valence-corrected chi connectivity index (χ4v) is 0.900. The van der Waals surface area contributed by atoms with Crippen molar-refractivity contribution in [1.82, 2.24) is 10.5 Å². The lowest BCUT2D eigenvalue weighted by atomic mass is 10.0. The maximum atomic E-state index is 11.6. The van der Waals surface area contributed by atoms with E-state index in [0.717, 1.165) is 0 Å². The maximum Gasteiger partial charge on any atom is 0.273 e. The van der Waals surface area contributed by atoms with Crippen molar-refractivity contribution in [1.29, 1.82) is 0 Å². The van der Waals surface area contributed by atoms with Gasteiger partial charge in [0, 0.05) is 16.4 Å². The summed E-state index contributed by atoms with van der Waals surface area (Å²) in [5.74, 6) is -0.227. The Morgan fingerprint density at radius 1 is 1.71 bits per heavy atom. The average Bonchev–Trinajstić information content (AvgIpc) is 2.54. The first kappa shape index (κ1) is 11.2. The van der Waals surface area contributed by atoms with Crippen molar-refractivity contribution in [3.05, 3.63) is 18.0 Å². The molecule has 1 N–H and O–H groups in total. The van der Waals surface area contributed by atoms with Crippen molar-refractivity contribution >= 4 is 21.8 Å². The van der Waals surface area contributed by atoms with Crippen LogP contribution in [0.1, 0.15) is 31.3 Å². The molecule has 1 aromatic rings. The van der Waals surface area contributed by atoms with Gasteiger partial charge in [-0.25, -0.2) is 0 Å². The number of halogens is 1. The molecule has 1 atom stereocenters. The van der Waals surface area contributed by atoms with Crippen LogP contribution in [0.25, 0.3) is 0 Å². The van der Waals surface area contributed by atoms with Gasteiger partial charge in [0.1, 0.15) is 6.26 Å². The third-order valence-electron chi connectivity index (χ3n) is 2.10. The highest BCUT2D eigenvalue weighted by Gasteiger charge is 2.26. The molecule has 0 saturated carbocycles. The predicted octanol–water partition coefficient (Wildman–Crippen LogP) is 1.97. The van der Waals surface area contributed by atoms with E-state index in [-0.39, 0.29) is 16.3 Å². The quantitative estimate of drug-likeness (QED) is 0.846. The van der Waals surface area contributed by atoms with Crippen molar-refractivity contribution < 1.29 is 9.32 Å². The molecule has 0 aliphatic rings. The molecule has 1 aromatic heterocycles. The van der Waals surface area contributed by atoms with Crippen molar-refractivity contribution in [2.24, 2.45) is 0 Å². The molecule has 0 saturated heterocycles. The van der Waals surface area contributed by atoms with E-state index in [0.29, 0.717) is 5.69 Å². The molecule has 0 aromatic carbocycles. The molecule has 1 amide bonds. The molecule has 0 aliphatic carbocycles. The fourth-order valence-electron chi connectivity index (χ4n) is 0.786. The van der Waals surface area contributed by atoms with Crippen LogP contribution in [0.5, 0.6) is 0 Å². The molecule has 78 valence electrons. The first-order chi connectivity index (χ1) is 6.43. The van der Waals surface area contributed by atoms with E-state index >= 15 is 0 Å². The second-order valence-electron chi connectivity index (χ2n) is 3.68. The van der Waals surface area contributed by atoms with Gasteiger partial charge in [0.05, 0.1) is 0 Å². The minimum absolute atomic E-state index is 0.172. The summed E-state index contributed by atoms with van der Waals surface area (Å²) in [5.41, 5.74) is -0.0259. The Kier molecular flexibility index (Phi) is 3.31. The Labute approximate surface area is 91.2 Å². The Bertz CT molecular complexity index is 307. The molecule has 0 aliphatic heterocycles. The fraction of sp³-hybridized carbons (Fsp3) is 0.556. The van der Waals surface area contributed by atoms with Crippen LogP contribution in [-0.4, -0.2) is 21.4 Å². The first-order valence-corrected chi connectivity index (χ1v) is 5.22. The highest BCUT2D eigenvalue weighted by Crippen LogP contribution is 2.17. The van der Waals surface area contributed by atoms with Crippen LogP contribution in [0, 0.1) is 0 Å². The van der Waals surface area contributed by atoms with Gasteiger partial charge in [-0.3, -0.25) is 4.79 Å². The number of aromatic nitrogens is 1. The maximum absolute atomic E-state index is 11.6. The zero-order chi connectivity index (χ0) is 10.8. The van der Waals surface area contributed by atoms with Crippen molar-refractivity contribution in [2.75, 3.05) is 0 Å². The van der Waals surface area contributed by atoms with Gasteiger partial charge in [-0.15, -0.1) is 0 Å². The Morgan fingerprint density at radius 2 is 2.36 bits per heavy atom. The number of hydrogen-bond donors (Lipinski definition) is 1. The second-order valence-corrected chi connectivity index (χ2v) is 5.05. The highest BCUT2D eigenvalue weighted by molar-refractivity contribution is 9.09. The number of carbonyl (C=O) groups is 1. The van der Waals surface area contributed by atoms with Crippen molar-refractivity contribution in [3.8, 4) is 0 Å². The molecule has 1 heterocycles. The van der Waals surface area contributed by atoms with Crippen LogP contribution in [0.15, 0.2) is 16.9 Å². The average molecular weight is 261 g/mol. The number of amides is 1. The van der Waals surface area contributed by atoms with Crippen molar-refractivity contribution in [2.45, 2.75) is 31.1 Å². The van der Waals surface area contributed by atoms with Gasteiger partial charge in [-0.1, -0.05) is 28.0 Å². The lowest BCUT2D eigenvalue weighted by molar-refractivity contribution is 0.0904. The lowest BCUT2D eigenvalue weighted by Crippen LogP contribution is -2.48. The predicted molar refractivity (Wildman–Crippen MR) is 56.4 cm³/mol. The number of nitrogens with one attached hydrogen (secondary N) is 1. The van der Waals surface area contributed by atoms with E-state index in [1.54, 1.807) is 0 Å². The molecular formula is C9H13BrN2O2. The summed E-state index contributed by atoms with van der Waals surface area (Å²) in [6.45, 7) is 5.85. The summed E-state index contributed by atoms with van der Waals surface area (Å²) in [6, 6.07) is 1.53. The van der Waals surface area contributed by atoms with E-state index in [4.69, 9.17) is 0 Å². The van der Waals surface area contributed by atoms with Gasteiger partial charge in [-0.05, 0) is 13.8 Å². The normalized spacial score (nSPS) is 13.7. The molecule has 0 radical (unpaired) electrons. The third-order valence-corrected chi connectivity index (χ3v) is 3.25. The molecule has 0 spiro atoms. The van der Waals surface area contributed by atoms with E-state index in [2.05, 4.69) is 30.9 Å². The molecule has 0 fully saturated rings. The number of carbonyl (C=O) groups excluding carboxylic acids is 1. The summed E-state index contributed by atoms with van der Waals surface area (Å²) in [5, 5.41) is 6.41. The molecule has 1 unspecified atom stereocenters. The Hall–Kier alpha value is -0.840. The minimum Gasteiger partial charge on any atom is -0.364 e. The minimum atomic E-state index is -0.323. The number of alkyl halides is 1. The highest BCUT2D eigenvalue weighted by atomic mass is 79.9. The van der Waals surface area contributed by atoms with Crippen LogP contribution < -0.4 is 5.32 Å². The topological polar surface area (TPSA) is 55.1 Å². The van der Waals surface area contributed by atoms with Gasteiger partial charge in [0.15, 0.2) is 5.69 Å². The SMILES string of the molecule is CC(Br)C(C)(C)NC(=O)c1ccon1. The third kappa shape index (κ3) is 2.57. The zero-order valence-electron chi connectivity index (χ0n) is 8.37. The van der Waals surface area contributed by atoms with Crippen LogP contribution in [0.4, 0.5) is 0 Å². The molecule has 14 heavy (non-hydrogen) atoms. The van der Waals surface area contributed by atoms with Crippen LogP contribution in [-0.2, 0) is 0 Å². The second kappa shape index (κ2) is 4.13. The summed E-state index contributed by atoms with van der Waals surface area (Å²) in [7, 11) is 0. The molecule has 4 nitrogen and oxygen atoms in total. The number of hydrogen-bond acceptors (Lipinski definition) is 3. The largest absolute Gasteiger partial charge is 0.364 e. The van der Waals surface area contributed by atoms with Gasteiger partial charge in [0.2, 0.25) is 0 Å². The summed E-state index contributed by atoms with van der Waals surface area (Å²) < 4.78 is 4.59. The van der Waals surface area contributed by atoms with Gasteiger partial charge in [-0.2, -0.15) is 0 Å². The molecule has 0 bridgehead atoms. The van der Waals surface area contributed by atoms with E-state index in [9.17, 15) is 4.79 Å². The zero-order valence-corrected chi connectivity index (χ0v) is 9.96. The monoisotopic (exact) mass is 260 g/mol. The lowest BCUT2D eigenvalue weighted by Gasteiger charge is -2.28. The molecular weight excluding hydrogens is 248 g/mol. The standard InChI is InChI=1S/C9H13BrN2O2/c1-6(10)9(2,3)11-8(13)7-4-5-14-12-7/h4-6H,1-3H3,(H,11,13). The Morgan fingerprint density at radius 3 is 2.79 bits per heavy atom. The van der Waals surface area contributed by atoms with E-state index in [1.165, 1.54) is 12.3 Å². The van der Waals surface area contributed by atoms with Crippen molar-refractivity contribution in [3.63, 3.8) is 0 Å². The summed E-state index contributed by atoms with van der Waals surface area (Å²) >= 11 is 3.43. The summed E-state index contributed by atoms with van der Waals surface area (Å²) in [4.78, 5) is 11.7. The number of nitrogens with zero attached hydrogens (tertiary/aromatic N) is 1. The number of rotatable bonds is 3. The van der Waals surface area contributed by atoms with Crippen LogP contribution in [0.2, 0.25) is 0 Å². The van der Waals surface area contributed by atoms with Crippen LogP contribution in [0.3, 0.4) is 0 Å². The van der Waals surface area contributed by atoms with Gasteiger partial charge >= 0.3 is 0 Å². The van der Waals surface area contributed by atoms with Gasteiger partial charge < -0.3 is 9.84 Å². The summed E-state index contributed by atoms with van der Waals surface area (Å²) in [6.07, 6.45) is 1.37. The smallest absolute Gasteiger partial charge is 0.273 e. The van der Waals surface area contributed by atoms with E-state index < -0.39 is 0 Å². The van der Waals surface area contributed by atoms with Crippen LogP contribution >= 0.6 is 15.9 Å². The Balaban J connectivity index is 2.66. The first-order valence-electron chi connectivity index (χ1n) is 4.30. The molecule has 5 heteroatoms. The van der Waals surface area contributed by atoms with E-state index in [1.807, 2.05) is 20.8 Å². The van der Waals surface area contributed by atoms with Gasteiger partial charge in [0.25, 0.3) is 5.91 Å².